The second kappa shape index (κ2) is 9.71. The molecule has 0 bridgehead atoms. The monoisotopic (exact) mass is 487 g/mol. The van der Waals surface area contributed by atoms with Crippen molar-refractivity contribution in [2.45, 2.75) is 50.6 Å². The number of imidazole rings is 1. The van der Waals surface area contributed by atoms with Crippen molar-refractivity contribution in [3.05, 3.63) is 35.2 Å². The summed E-state index contributed by atoms with van der Waals surface area (Å²) in [6.07, 6.45) is 6.29. The molecule has 1 saturated carbocycles. The normalized spacial score (nSPS) is 21.5. The van der Waals surface area contributed by atoms with Crippen LogP contribution in [-0.2, 0) is 9.53 Å². The highest BCUT2D eigenvalue weighted by Crippen LogP contribution is 2.37. The van der Waals surface area contributed by atoms with Gasteiger partial charge in [-0.25, -0.2) is 14.4 Å². The fourth-order valence-electron chi connectivity index (χ4n) is 4.76. The molecule has 34 heavy (non-hydrogen) atoms. The molecular weight excluding hydrogens is 461 g/mol. The van der Waals surface area contributed by atoms with E-state index >= 15 is 0 Å². The largest absolute Gasteiger partial charge is 0.381 e. The van der Waals surface area contributed by atoms with Crippen LogP contribution in [0.15, 0.2) is 24.4 Å². The molecule has 2 fully saturated rings. The lowest BCUT2D eigenvalue weighted by Crippen LogP contribution is -2.29. The number of hydrogen-bond donors (Lipinski definition) is 3. The van der Waals surface area contributed by atoms with Crippen molar-refractivity contribution in [2.24, 2.45) is 11.7 Å². The SMILES string of the molecule is NC(=O)[C@H]1CC[C@@H](n2c(Nc3cccc(Cl)c3F)nc3cnc(NC4CCOCC4)nc32)CC1. The summed E-state index contributed by atoms with van der Waals surface area (Å²) in [6, 6.07) is 5.05. The van der Waals surface area contributed by atoms with Crippen LogP contribution < -0.4 is 16.4 Å². The average Bonchev–Trinajstić information content (AvgIpc) is 3.20. The van der Waals surface area contributed by atoms with Crippen molar-refractivity contribution in [3.63, 3.8) is 0 Å². The van der Waals surface area contributed by atoms with Crippen molar-refractivity contribution >= 4 is 46.3 Å². The quantitative estimate of drug-likeness (QED) is 0.477. The van der Waals surface area contributed by atoms with E-state index in [4.69, 9.17) is 27.1 Å². The third-order valence-corrected chi connectivity index (χ3v) is 6.94. The number of nitrogens with two attached hydrogens (primary N) is 1. The van der Waals surface area contributed by atoms with Gasteiger partial charge in [-0.05, 0) is 50.7 Å². The van der Waals surface area contributed by atoms with Crippen LogP contribution in [0.2, 0.25) is 5.02 Å². The molecule has 5 rings (SSSR count). The Morgan fingerprint density at radius 3 is 2.65 bits per heavy atom. The molecule has 11 heteroatoms. The first-order chi connectivity index (χ1) is 16.5. The van der Waals surface area contributed by atoms with E-state index in [-0.39, 0.29) is 34.6 Å². The molecule has 3 heterocycles. The third-order valence-electron chi connectivity index (χ3n) is 6.65. The Morgan fingerprint density at radius 2 is 1.91 bits per heavy atom. The number of carbonyl (C=O) groups excluding carboxylic acids is 1. The van der Waals surface area contributed by atoms with Crippen LogP contribution in [0.25, 0.3) is 11.2 Å². The van der Waals surface area contributed by atoms with Gasteiger partial charge in [-0.15, -0.1) is 0 Å². The molecule has 2 aliphatic rings. The molecular formula is C23H27ClFN7O2. The Bertz CT molecular complexity index is 1190. The van der Waals surface area contributed by atoms with Crippen LogP contribution in [0.4, 0.5) is 22.0 Å². The zero-order chi connectivity index (χ0) is 23.7. The first-order valence-electron chi connectivity index (χ1n) is 11.6. The van der Waals surface area contributed by atoms with Gasteiger partial charge in [-0.1, -0.05) is 17.7 Å². The summed E-state index contributed by atoms with van der Waals surface area (Å²) < 4.78 is 22.1. The van der Waals surface area contributed by atoms with Crippen molar-refractivity contribution in [3.8, 4) is 0 Å². The van der Waals surface area contributed by atoms with Gasteiger partial charge in [-0.2, -0.15) is 4.98 Å². The lowest BCUT2D eigenvalue weighted by atomic mass is 9.85. The summed E-state index contributed by atoms with van der Waals surface area (Å²) in [6.45, 7) is 1.42. The first kappa shape index (κ1) is 22.8. The lowest BCUT2D eigenvalue weighted by Gasteiger charge is -2.29. The molecule has 9 nitrogen and oxygen atoms in total. The fourth-order valence-corrected chi connectivity index (χ4v) is 4.93. The summed E-state index contributed by atoms with van der Waals surface area (Å²) in [4.78, 5) is 25.6. The van der Waals surface area contributed by atoms with E-state index < -0.39 is 5.82 Å². The highest BCUT2D eigenvalue weighted by molar-refractivity contribution is 6.31. The molecule has 0 spiro atoms. The van der Waals surface area contributed by atoms with Gasteiger partial charge < -0.3 is 21.1 Å². The van der Waals surface area contributed by atoms with Crippen LogP contribution in [0.1, 0.15) is 44.6 Å². The molecule has 1 aliphatic carbocycles. The fraction of sp³-hybridized carbons (Fsp3) is 0.478. The number of halogens is 2. The predicted molar refractivity (Wildman–Crippen MR) is 128 cm³/mol. The van der Waals surface area contributed by atoms with E-state index in [0.29, 0.717) is 49.1 Å². The second-order valence-corrected chi connectivity index (χ2v) is 9.28. The number of nitrogens with zero attached hydrogens (tertiary/aromatic N) is 4. The van der Waals surface area contributed by atoms with E-state index in [1.165, 1.54) is 6.07 Å². The summed E-state index contributed by atoms with van der Waals surface area (Å²) in [5.41, 5.74) is 7.00. The molecule has 1 amide bonds. The minimum absolute atomic E-state index is 0.0242. The number of hydrogen-bond acceptors (Lipinski definition) is 7. The standard InChI is InChI=1S/C23H27ClFN7O2/c24-16-2-1-3-17(19(16)25)29-23-30-18-12-27-22(28-14-8-10-34-11-9-14)31-21(18)32(23)15-6-4-13(5-7-15)20(26)33/h1-3,12-15H,4-11H2,(H2,26,33)(H,29,30)(H,27,28,31)/t13-,15+. The number of fused-ring (bicyclic) bond motifs is 1. The maximum atomic E-state index is 14.7. The maximum Gasteiger partial charge on any atom is 0.224 e. The molecule has 1 saturated heterocycles. The number of ether oxygens (including phenoxy) is 1. The van der Waals surface area contributed by atoms with E-state index in [2.05, 4.69) is 20.6 Å². The Labute approximate surface area is 201 Å². The van der Waals surface area contributed by atoms with Gasteiger partial charge in [0.05, 0.1) is 16.9 Å². The maximum absolute atomic E-state index is 14.7. The Balaban J connectivity index is 1.51. The second-order valence-electron chi connectivity index (χ2n) is 8.87. The van der Waals surface area contributed by atoms with Crippen LogP contribution in [-0.4, -0.2) is 44.7 Å². The number of amides is 1. The average molecular weight is 488 g/mol. The molecule has 0 unspecified atom stereocenters. The minimum Gasteiger partial charge on any atom is -0.381 e. The number of primary amides is 1. The Morgan fingerprint density at radius 1 is 1.15 bits per heavy atom. The highest BCUT2D eigenvalue weighted by atomic mass is 35.5. The number of aromatic nitrogens is 4. The van der Waals surface area contributed by atoms with Gasteiger partial charge in [0.1, 0.15) is 5.52 Å². The summed E-state index contributed by atoms with van der Waals surface area (Å²) in [5, 5.41) is 6.52. The van der Waals surface area contributed by atoms with E-state index in [1.54, 1.807) is 18.3 Å². The van der Waals surface area contributed by atoms with Gasteiger partial charge in [0.25, 0.3) is 0 Å². The van der Waals surface area contributed by atoms with E-state index in [1.807, 2.05) is 4.57 Å². The number of anilines is 3. The third kappa shape index (κ3) is 4.65. The molecule has 180 valence electrons. The van der Waals surface area contributed by atoms with Gasteiger partial charge in [-0.3, -0.25) is 9.36 Å². The highest BCUT2D eigenvalue weighted by Gasteiger charge is 2.29. The molecule has 4 N–H and O–H groups in total. The zero-order valence-corrected chi connectivity index (χ0v) is 19.4. The minimum atomic E-state index is -0.548. The number of benzene rings is 1. The van der Waals surface area contributed by atoms with Crippen LogP contribution in [0.3, 0.4) is 0 Å². The van der Waals surface area contributed by atoms with Gasteiger partial charge >= 0.3 is 0 Å². The number of nitrogens with one attached hydrogen (secondary N) is 2. The Hall–Kier alpha value is -2.98. The van der Waals surface area contributed by atoms with E-state index in [0.717, 1.165) is 25.7 Å². The van der Waals surface area contributed by atoms with Crippen molar-refractivity contribution in [2.75, 3.05) is 23.8 Å². The molecule has 2 aromatic heterocycles. The van der Waals surface area contributed by atoms with Crippen LogP contribution in [0.5, 0.6) is 0 Å². The number of rotatable bonds is 6. The van der Waals surface area contributed by atoms with Crippen molar-refractivity contribution < 1.29 is 13.9 Å². The molecule has 0 radical (unpaired) electrons. The van der Waals surface area contributed by atoms with Crippen LogP contribution in [0, 0.1) is 11.7 Å². The zero-order valence-electron chi connectivity index (χ0n) is 18.6. The first-order valence-corrected chi connectivity index (χ1v) is 12.0. The lowest BCUT2D eigenvalue weighted by molar-refractivity contribution is -0.122. The molecule has 1 aliphatic heterocycles. The van der Waals surface area contributed by atoms with Gasteiger partial charge in [0.15, 0.2) is 11.5 Å². The summed E-state index contributed by atoms with van der Waals surface area (Å²) in [7, 11) is 0. The Kier molecular flexibility index (Phi) is 6.51. The van der Waals surface area contributed by atoms with Gasteiger partial charge in [0.2, 0.25) is 17.8 Å². The van der Waals surface area contributed by atoms with Gasteiger partial charge in [0, 0.05) is 31.2 Å². The van der Waals surface area contributed by atoms with Crippen molar-refractivity contribution in [1.82, 2.24) is 19.5 Å². The van der Waals surface area contributed by atoms with Crippen molar-refractivity contribution in [1.29, 1.82) is 0 Å². The summed E-state index contributed by atoms with van der Waals surface area (Å²) >= 11 is 5.98. The molecule has 3 aromatic rings. The van der Waals surface area contributed by atoms with E-state index in [9.17, 15) is 9.18 Å². The topological polar surface area (TPSA) is 120 Å². The summed E-state index contributed by atoms with van der Waals surface area (Å²) in [5.74, 6) is 0.0305. The predicted octanol–water partition coefficient (Wildman–Crippen LogP) is 4.17. The number of carbonyl (C=O) groups is 1. The molecule has 1 aromatic carbocycles. The smallest absolute Gasteiger partial charge is 0.224 e. The van der Waals surface area contributed by atoms with Crippen LogP contribution >= 0.6 is 11.6 Å². The molecule has 0 atom stereocenters.